The predicted molar refractivity (Wildman–Crippen MR) is 77.1 cm³/mol. The molecular weight excluding hydrogens is 226 g/mol. The van der Waals surface area contributed by atoms with Crippen LogP contribution >= 0.6 is 0 Å². The van der Waals surface area contributed by atoms with Crippen molar-refractivity contribution in [2.24, 2.45) is 0 Å². The summed E-state index contributed by atoms with van der Waals surface area (Å²) in [6.45, 7) is 9.95. The van der Waals surface area contributed by atoms with Crippen molar-refractivity contribution in [3.05, 3.63) is 0 Å². The van der Waals surface area contributed by atoms with Crippen LogP contribution in [0.15, 0.2) is 0 Å². The molecule has 0 atom stereocenters. The summed E-state index contributed by atoms with van der Waals surface area (Å²) in [6.07, 6.45) is 4.15. The second-order valence-corrected chi connectivity index (χ2v) is 5.40. The van der Waals surface area contributed by atoms with Crippen LogP contribution in [-0.2, 0) is 4.74 Å². The van der Waals surface area contributed by atoms with Gasteiger partial charge in [-0.25, -0.2) is 0 Å². The number of likely N-dealkylation sites (tertiary alicyclic amines) is 1. The van der Waals surface area contributed by atoms with Crippen LogP contribution in [0, 0.1) is 0 Å². The summed E-state index contributed by atoms with van der Waals surface area (Å²) in [6, 6.07) is 0. The third-order valence-electron chi connectivity index (χ3n) is 3.50. The van der Waals surface area contributed by atoms with E-state index in [2.05, 4.69) is 36.1 Å². The normalized spacial score (nSPS) is 18.7. The van der Waals surface area contributed by atoms with Crippen LogP contribution in [0.25, 0.3) is 0 Å². The molecular formula is C14H31N3O. The lowest BCUT2D eigenvalue weighted by molar-refractivity contribution is 0.0146. The van der Waals surface area contributed by atoms with E-state index in [4.69, 9.17) is 4.74 Å². The van der Waals surface area contributed by atoms with Crippen LogP contribution < -0.4 is 5.32 Å². The summed E-state index contributed by atoms with van der Waals surface area (Å²) in [7, 11) is 4.26. The Morgan fingerprint density at radius 3 is 2.56 bits per heavy atom. The van der Waals surface area contributed by atoms with Crippen molar-refractivity contribution < 1.29 is 4.74 Å². The molecule has 0 aromatic rings. The van der Waals surface area contributed by atoms with Gasteiger partial charge in [-0.05, 0) is 53.4 Å². The first-order valence-electron chi connectivity index (χ1n) is 7.41. The molecule has 18 heavy (non-hydrogen) atoms. The molecule has 0 saturated carbocycles. The van der Waals surface area contributed by atoms with E-state index in [1.807, 2.05) is 0 Å². The van der Waals surface area contributed by atoms with Crippen LogP contribution in [0.5, 0.6) is 0 Å². The highest BCUT2D eigenvalue weighted by Gasteiger charge is 2.18. The molecule has 0 aromatic carbocycles. The van der Waals surface area contributed by atoms with Crippen molar-refractivity contribution in [3.8, 4) is 0 Å². The summed E-state index contributed by atoms with van der Waals surface area (Å²) in [4.78, 5) is 4.79. The third-order valence-corrected chi connectivity index (χ3v) is 3.50. The van der Waals surface area contributed by atoms with Gasteiger partial charge >= 0.3 is 0 Å². The maximum Gasteiger partial charge on any atom is 0.0599 e. The maximum absolute atomic E-state index is 5.66. The number of ether oxygens (including phenoxy) is 1. The topological polar surface area (TPSA) is 27.7 Å². The van der Waals surface area contributed by atoms with Crippen LogP contribution in [0.4, 0.5) is 0 Å². The van der Waals surface area contributed by atoms with Gasteiger partial charge in [-0.3, -0.25) is 0 Å². The molecule has 0 radical (unpaired) electrons. The average Bonchev–Trinajstić information content (AvgIpc) is 2.35. The maximum atomic E-state index is 5.66. The average molecular weight is 257 g/mol. The predicted octanol–water partition coefficient (Wildman–Crippen LogP) is 1.03. The SMILES string of the molecule is CCOC1CCN(CCNCCCN(C)C)CC1. The molecule has 0 aromatic heterocycles. The highest BCUT2D eigenvalue weighted by atomic mass is 16.5. The minimum atomic E-state index is 0.513. The summed E-state index contributed by atoms with van der Waals surface area (Å²) < 4.78 is 5.66. The Labute approximate surface area is 113 Å². The van der Waals surface area contributed by atoms with Gasteiger partial charge in [0.15, 0.2) is 0 Å². The minimum absolute atomic E-state index is 0.513. The summed E-state index contributed by atoms with van der Waals surface area (Å²) >= 11 is 0. The van der Waals surface area contributed by atoms with E-state index in [0.29, 0.717) is 6.10 Å². The van der Waals surface area contributed by atoms with E-state index in [0.717, 1.165) is 19.7 Å². The van der Waals surface area contributed by atoms with Gasteiger partial charge in [-0.1, -0.05) is 0 Å². The van der Waals surface area contributed by atoms with Gasteiger partial charge in [0.1, 0.15) is 0 Å². The molecule has 1 saturated heterocycles. The molecule has 1 aliphatic rings. The van der Waals surface area contributed by atoms with E-state index in [1.165, 1.54) is 45.4 Å². The molecule has 1 aliphatic heterocycles. The first-order valence-corrected chi connectivity index (χ1v) is 7.41. The van der Waals surface area contributed by atoms with E-state index in [9.17, 15) is 0 Å². The van der Waals surface area contributed by atoms with Crippen molar-refractivity contribution in [3.63, 3.8) is 0 Å². The molecule has 4 heteroatoms. The molecule has 0 unspecified atom stereocenters. The van der Waals surface area contributed by atoms with Gasteiger partial charge in [-0.15, -0.1) is 0 Å². The number of hydrogen-bond acceptors (Lipinski definition) is 4. The smallest absolute Gasteiger partial charge is 0.0599 e. The molecule has 1 heterocycles. The van der Waals surface area contributed by atoms with Crippen LogP contribution in [-0.4, -0.2) is 75.9 Å². The number of rotatable bonds is 9. The minimum Gasteiger partial charge on any atom is -0.378 e. The first-order chi connectivity index (χ1) is 8.72. The standard InChI is InChI=1S/C14H31N3O/c1-4-18-14-6-11-17(12-7-14)13-9-15-8-5-10-16(2)3/h14-15H,4-13H2,1-3H3. The quantitative estimate of drug-likeness (QED) is 0.624. The Balaban J connectivity index is 1.91. The molecule has 0 amide bonds. The van der Waals surface area contributed by atoms with Crippen molar-refractivity contribution >= 4 is 0 Å². The number of nitrogens with zero attached hydrogens (tertiary/aromatic N) is 2. The highest BCUT2D eigenvalue weighted by Crippen LogP contribution is 2.12. The number of hydrogen-bond donors (Lipinski definition) is 1. The zero-order valence-electron chi connectivity index (χ0n) is 12.5. The fourth-order valence-electron chi connectivity index (χ4n) is 2.42. The Morgan fingerprint density at radius 2 is 1.94 bits per heavy atom. The number of piperidine rings is 1. The van der Waals surface area contributed by atoms with E-state index in [1.54, 1.807) is 0 Å². The zero-order valence-corrected chi connectivity index (χ0v) is 12.5. The monoisotopic (exact) mass is 257 g/mol. The molecule has 0 bridgehead atoms. The van der Waals surface area contributed by atoms with Crippen LogP contribution in [0.3, 0.4) is 0 Å². The molecule has 1 fully saturated rings. The molecule has 1 N–H and O–H groups in total. The Morgan fingerprint density at radius 1 is 1.22 bits per heavy atom. The Hall–Kier alpha value is -0.160. The van der Waals surface area contributed by atoms with Gasteiger partial charge in [0.2, 0.25) is 0 Å². The second-order valence-electron chi connectivity index (χ2n) is 5.40. The van der Waals surface area contributed by atoms with Gasteiger partial charge in [0.05, 0.1) is 6.10 Å². The molecule has 0 spiro atoms. The molecule has 108 valence electrons. The lowest BCUT2D eigenvalue weighted by Crippen LogP contribution is -2.40. The first kappa shape index (κ1) is 15.9. The van der Waals surface area contributed by atoms with Crippen LogP contribution in [0.1, 0.15) is 26.2 Å². The molecule has 4 nitrogen and oxygen atoms in total. The Bertz CT molecular complexity index is 191. The van der Waals surface area contributed by atoms with Crippen molar-refractivity contribution in [1.82, 2.24) is 15.1 Å². The van der Waals surface area contributed by atoms with E-state index >= 15 is 0 Å². The molecule has 0 aliphatic carbocycles. The summed E-state index contributed by atoms with van der Waals surface area (Å²) in [5.74, 6) is 0. The van der Waals surface area contributed by atoms with Gasteiger partial charge in [0, 0.05) is 32.8 Å². The summed E-state index contributed by atoms with van der Waals surface area (Å²) in [5.41, 5.74) is 0. The van der Waals surface area contributed by atoms with Gasteiger partial charge in [0.25, 0.3) is 0 Å². The fourth-order valence-corrected chi connectivity index (χ4v) is 2.42. The van der Waals surface area contributed by atoms with E-state index in [-0.39, 0.29) is 0 Å². The van der Waals surface area contributed by atoms with Crippen molar-refractivity contribution in [2.45, 2.75) is 32.3 Å². The highest BCUT2D eigenvalue weighted by molar-refractivity contribution is 4.72. The molecule has 1 rings (SSSR count). The van der Waals surface area contributed by atoms with E-state index < -0.39 is 0 Å². The van der Waals surface area contributed by atoms with Crippen molar-refractivity contribution in [2.75, 3.05) is 60.0 Å². The lowest BCUT2D eigenvalue weighted by atomic mass is 10.1. The largest absolute Gasteiger partial charge is 0.378 e. The van der Waals surface area contributed by atoms with Gasteiger partial charge < -0.3 is 19.9 Å². The Kier molecular flexibility index (Phi) is 8.59. The number of nitrogens with one attached hydrogen (secondary N) is 1. The fraction of sp³-hybridized carbons (Fsp3) is 1.00. The second kappa shape index (κ2) is 9.73. The zero-order chi connectivity index (χ0) is 13.2. The third kappa shape index (κ3) is 7.31. The van der Waals surface area contributed by atoms with Crippen LogP contribution in [0.2, 0.25) is 0 Å². The van der Waals surface area contributed by atoms with Gasteiger partial charge in [-0.2, -0.15) is 0 Å². The summed E-state index contributed by atoms with van der Waals surface area (Å²) in [5, 5.41) is 3.52. The lowest BCUT2D eigenvalue weighted by Gasteiger charge is -2.31. The van der Waals surface area contributed by atoms with Crippen molar-refractivity contribution in [1.29, 1.82) is 0 Å².